The van der Waals surface area contributed by atoms with Gasteiger partial charge in [0, 0.05) is 0 Å². The largest absolute Gasteiger partial charge is 0.481 e. The lowest BCUT2D eigenvalue weighted by Gasteiger charge is -2.18. The maximum Gasteiger partial charge on any atom is 0.309 e. The summed E-state index contributed by atoms with van der Waals surface area (Å²) in [6.07, 6.45) is 20.2. The number of carboxylic acid groups (broad SMARTS) is 1. The van der Waals surface area contributed by atoms with Crippen LogP contribution in [-0.4, -0.2) is 17.6 Å². The molecule has 3 nitrogen and oxygen atoms in total. The zero-order valence-corrected chi connectivity index (χ0v) is 15.5. The molecule has 0 spiro atoms. The summed E-state index contributed by atoms with van der Waals surface area (Å²) in [6, 6.07) is 0. The third-order valence-electron chi connectivity index (χ3n) is 4.49. The van der Waals surface area contributed by atoms with Crippen LogP contribution in [0.1, 0.15) is 97.3 Å². The summed E-state index contributed by atoms with van der Waals surface area (Å²) in [6.45, 7) is 4.46. The Morgan fingerprint density at radius 2 is 1.26 bits per heavy atom. The Kier molecular flexibility index (Phi) is 14.2. The molecule has 0 aromatic carbocycles. The third-order valence-corrected chi connectivity index (χ3v) is 4.49. The topological polar surface area (TPSA) is 63.3 Å². The van der Waals surface area contributed by atoms with E-state index in [0.717, 1.165) is 25.8 Å². The molecule has 0 saturated heterocycles. The van der Waals surface area contributed by atoms with E-state index in [9.17, 15) is 4.79 Å². The molecule has 3 heteroatoms. The van der Waals surface area contributed by atoms with Gasteiger partial charge in [0.15, 0.2) is 0 Å². The number of allylic oxidation sites excluding steroid dienone is 2. The fraction of sp³-hybridized carbons (Fsp3) is 0.850. The number of rotatable bonds is 16. The lowest BCUT2D eigenvalue weighted by atomic mass is 9.87. The van der Waals surface area contributed by atoms with E-state index in [1.807, 2.05) is 13.8 Å². The van der Waals surface area contributed by atoms with Gasteiger partial charge in [0.05, 0.1) is 5.41 Å². The number of carboxylic acids is 1. The van der Waals surface area contributed by atoms with E-state index in [-0.39, 0.29) is 0 Å². The van der Waals surface area contributed by atoms with Gasteiger partial charge in [-0.1, -0.05) is 57.1 Å². The molecule has 23 heavy (non-hydrogen) atoms. The fourth-order valence-corrected chi connectivity index (χ4v) is 2.64. The summed E-state index contributed by atoms with van der Waals surface area (Å²) < 4.78 is 0. The van der Waals surface area contributed by atoms with E-state index in [2.05, 4.69) is 12.2 Å². The van der Waals surface area contributed by atoms with Crippen molar-refractivity contribution in [2.75, 3.05) is 6.54 Å². The van der Waals surface area contributed by atoms with Crippen LogP contribution in [0.3, 0.4) is 0 Å². The first-order valence-electron chi connectivity index (χ1n) is 9.59. The minimum atomic E-state index is -0.681. The number of aliphatic carboxylic acids is 1. The second kappa shape index (κ2) is 14.7. The highest BCUT2D eigenvalue weighted by Crippen LogP contribution is 2.24. The van der Waals surface area contributed by atoms with Crippen molar-refractivity contribution >= 4 is 5.97 Å². The van der Waals surface area contributed by atoms with Crippen molar-refractivity contribution in [3.63, 3.8) is 0 Å². The molecule has 0 radical (unpaired) electrons. The number of unbranched alkanes of at least 4 members (excludes halogenated alkanes) is 10. The van der Waals surface area contributed by atoms with Gasteiger partial charge in [0.25, 0.3) is 0 Å². The number of hydrogen-bond donors (Lipinski definition) is 2. The molecular weight excluding hydrogens is 286 g/mol. The molecule has 0 saturated carbocycles. The summed E-state index contributed by atoms with van der Waals surface area (Å²) in [5, 5.41) is 9.04. The zero-order chi connectivity index (χ0) is 17.4. The molecule has 0 unspecified atom stereocenters. The smallest absolute Gasteiger partial charge is 0.309 e. The monoisotopic (exact) mass is 325 g/mol. The number of hydrogen-bond acceptors (Lipinski definition) is 2. The lowest BCUT2D eigenvalue weighted by Crippen LogP contribution is -2.23. The SMILES string of the molecule is CC(C)(CCCCCC/C=C\CCCCCCCCN)C(=O)O. The molecule has 0 aliphatic heterocycles. The van der Waals surface area contributed by atoms with E-state index in [4.69, 9.17) is 10.8 Å². The van der Waals surface area contributed by atoms with Crippen LogP contribution in [0, 0.1) is 5.41 Å². The van der Waals surface area contributed by atoms with E-state index < -0.39 is 11.4 Å². The van der Waals surface area contributed by atoms with Crippen molar-refractivity contribution in [2.45, 2.75) is 97.3 Å². The summed E-state index contributed by atoms with van der Waals surface area (Å²) in [5.74, 6) is -0.681. The first-order chi connectivity index (χ1) is 11.0. The molecule has 136 valence electrons. The van der Waals surface area contributed by atoms with Gasteiger partial charge in [-0.2, -0.15) is 0 Å². The van der Waals surface area contributed by atoms with Gasteiger partial charge in [-0.05, 0) is 58.9 Å². The van der Waals surface area contributed by atoms with Gasteiger partial charge >= 0.3 is 5.97 Å². The summed E-state index contributed by atoms with van der Waals surface area (Å²) in [4.78, 5) is 11.0. The molecule has 0 aliphatic carbocycles. The maximum atomic E-state index is 11.0. The van der Waals surface area contributed by atoms with Crippen LogP contribution in [0.25, 0.3) is 0 Å². The minimum Gasteiger partial charge on any atom is -0.481 e. The van der Waals surface area contributed by atoms with Crippen molar-refractivity contribution in [1.82, 2.24) is 0 Å². The predicted octanol–water partition coefficient (Wildman–Crippen LogP) is 5.68. The highest BCUT2D eigenvalue weighted by Gasteiger charge is 2.25. The van der Waals surface area contributed by atoms with Crippen LogP contribution < -0.4 is 5.73 Å². The molecule has 0 aromatic heterocycles. The molecule has 0 fully saturated rings. The molecule has 0 amide bonds. The Morgan fingerprint density at radius 1 is 0.826 bits per heavy atom. The average Bonchev–Trinajstić information content (AvgIpc) is 2.51. The second-order valence-corrected chi connectivity index (χ2v) is 7.31. The normalized spacial score (nSPS) is 12.1. The Labute approximate surface area is 143 Å². The first-order valence-corrected chi connectivity index (χ1v) is 9.59. The predicted molar refractivity (Wildman–Crippen MR) is 99.6 cm³/mol. The van der Waals surface area contributed by atoms with Crippen LogP contribution in [0.5, 0.6) is 0 Å². The Balaban J connectivity index is 3.27. The van der Waals surface area contributed by atoms with Crippen molar-refractivity contribution in [3.8, 4) is 0 Å². The van der Waals surface area contributed by atoms with Crippen molar-refractivity contribution in [2.24, 2.45) is 11.1 Å². The highest BCUT2D eigenvalue weighted by molar-refractivity contribution is 5.73. The van der Waals surface area contributed by atoms with Crippen molar-refractivity contribution < 1.29 is 9.90 Å². The van der Waals surface area contributed by atoms with Crippen LogP contribution in [0.4, 0.5) is 0 Å². The van der Waals surface area contributed by atoms with Gasteiger partial charge < -0.3 is 10.8 Å². The molecule has 0 atom stereocenters. The molecule has 3 N–H and O–H groups in total. The van der Waals surface area contributed by atoms with Crippen LogP contribution in [0.15, 0.2) is 12.2 Å². The molecule has 0 aromatic rings. The van der Waals surface area contributed by atoms with Crippen LogP contribution in [-0.2, 0) is 4.79 Å². The third kappa shape index (κ3) is 14.5. The van der Waals surface area contributed by atoms with Crippen LogP contribution in [0.2, 0.25) is 0 Å². The molecule has 0 bridgehead atoms. The van der Waals surface area contributed by atoms with Gasteiger partial charge in [0.1, 0.15) is 0 Å². The molecule has 0 heterocycles. The zero-order valence-electron chi connectivity index (χ0n) is 15.5. The standard InChI is InChI=1S/C20H39NO2/c1-20(2,19(22)23)17-15-13-11-9-7-5-3-4-6-8-10-12-14-16-18-21/h3,5H,4,6-18,21H2,1-2H3,(H,22,23)/b5-3-. The van der Waals surface area contributed by atoms with Gasteiger partial charge in [-0.3, -0.25) is 4.79 Å². The molecular formula is C20H39NO2. The quantitative estimate of drug-likeness (QED) is 0.283. The number of nitrogens with two attached hydrogens (primary N) is 1. The van der Waals surface area contributed by atoms with E-state index in [0.29, 0.717) is 0 Å². The van der Waals surface area contributed by atoms with E-state index in [1.165, 1.54) is 64.2 Å². The van der Waals surface area contributed by atoms with E-state index in [1.54, 1.807) is 0 Å². The van der Waals surface area contributed by atoms with Gasteiger partial charge in [0.2, 0.25) is 0 Å². The Hall–Kier alpha value is -0.830. The average molecular weight is 326 g/mol. The van der Waals surface area contributed by atoms with Gasteiger partial charge in [-0.25, -0.2) is 0 Å². The number of carbonyl (C=O) groups is 1. The summed E-state index contributed by atoms with van der Waals surface area (Å²) >= 11 is 0. The molecule has 0 rings (SSSR count). The fourth-order valence-electron chi connectivity index (χ4n) is 2.64. The Bertz CT molecular complexity index is 311. The first kappa shape index (κ1) is 22.2. The Morgan fingerprint density at radius 3 is 1.74 bits per heavy atom. The molecule has 0 aliphatic rings. The second-order valence-electron chi connectivity index (χ2n) is 7.31. The summed E-state index contributed by atoms with van der Waals surface area (Å²) in [7, 11) is 0. The van der Waals surface area contributed by atoms with Crippen molar-refractivity contribution in [1.29, 1.82) is 0 Å². The summed E-state index contributed by atoms with van der Waals surface area (Å²) in [5.41, 5.74) is 4.91. The highest BCUT2D eigenvalue weighted by atomic mass is 16.4. The van der Waals surface area contributed by atoms with E-state index >= 15 is 0 Å². The van der Waals surface area contributed by atoms with Crippen LogP contribution >= 0.6 is 0 Å². The lowest BCUT2D eigenvalue weighted by molar-refractivity contribution is -0.147. The minimum absolute atomic E-state index is 0.565. The van der Waals surface area contributed by atoms with Gasteiger partial charge in [-0.15, -0.1) is 0 Å². The maximum absolute atomic E-state index is 11.0. The van der Waals surface area contributed by atoms with Crippen molar-refractivity contribution in [3.05, 3.63) is 12.2 Å².